The predicted molar refractivity (Wildman–Crippen MR) is 107 cm³/mol. The molecule has 140 valence electrons. The molecule has 1 amide bonds. The van der Waals surface area contributed by atoms with Crippen LogP contribution in [0.25, 0.3) is 11.1 Å². The third-order valence-corrected chi connectivity index (χ3v) is 7.91. The lowest BCUT2D eigenvalue weighted by Gasteiger charge is -2.07. The summed E-state index contributed by atoms with van der Waals surface area (Å²) in [6.45, 7) is 0.206. The lowest BCUT2D eigenvalue weighted by molar-refractivity contribution is 0.194. The SMILES string of the molecule is O=C(O)NCCc1cc(-c2ccccc2Br)c(S(=O)(=O)c2cccnc2)s1. The number of amides is 1. The molecule has 1 aromatic carbocycles. The van der Waals surface area contributed by atoms with E-state index < -0.39 is 15.9 Å². The fourth-order valence-corrected chi connectivity index (χ4v) is 6.09. The van der Waals surface area contributed by atoms with Crippen molar-refractivity contribution in [2.75, 3.05) is 6.54 Å². The third kappa shape index (κ3) is 4.37. The van der Waals surface area contributed by atoms with Crippen molar-refractivity contribution in [1.29, 1.82) is 0 Å². The molecule has 27 heavy (non-hydrogen) atoms. The second-order valence-electron chi connectivity index (χ2n) is 5.57. The summed E-state index contributed by atoms with van der Waals surface area (Å²) in [7, 11) is -3.76. The summed E-state index contributed by atoms with van der Waals surface area (Å²) < 4.78 is 27.4. The van der Waals surface area contributed by atoms with Crippen LogP contribution >= 0.6 is 27.3 Å². The number of hydrogen-bond acceptors (Lipinski definition) is 5. The van der Waals surface area contributed by atoms with E-state index in [4.69, 9.17) is 5.11 Å². The van der Waals surface area contributed by atoms with E-state index in [1.807, 2.05) is 24.3 Å². The van der Waals surface area contributed by atoms with Crippen molar-refractivity contribution >= 4 is 43.2 Å². The number of carbonyl (C=O) groups is 1. The first-order valence-electron chi connectivity index (χ1n) is 7.89. The normalized spacial score (nSPS) is 11.3. The van der Waals surface area contributed by atoms with Gasteiger partial charge in [0.15, 0.2) is 0 Å². The Balaban J connectivity index is 2.10. The van der Waals surface area contributed by atoms with Crippen LogP contribution in [0.4, 0.5) is 4.79 Å². The van der Waals surface area contributed by atoms with Gasteiger partial charge in [0.05, 0.1) is 4.90 Å². The first-order chi connectivity index (χ1) is 12.9. The van der Waals surface area contributed by atoms with Crippen LogP contribution in [0.15, 0.2) is 68.4 Å². The van der Waals surface area contributed by atoms with E-state index in [1.165, 1.54) is 18.5 Å². The van der Waals surface area contributed by atoms with Crippen LogP contribution in [0.2, 0.25) is 0 Å². The van der Waals surface area contributed by atoms with Crippen molar-refractivity contribution in [3.63, 3.8) is 0 Å². The molecule has 2 N–H and O–H groups in total. The quantitative estimate of drug-likeness (QED) is 0.566. The molecule has 0 unspecified atom stereocenters. The van der Waals surface area contributed by atoms with Gasteiger partial charge in [-0.1, -0.05) is 34.1 Å². The van der Waals surface area contributed by atoms with Gasteiger partial charge < -0.3 is 10.4 Å². The van der Waals surface area contributed by atoms with E-state index in [-0.39, 0.29) is 15.6 Å². The lowest BCUT2D eigenvalue weighted by atomic mass is 10.1. The molecule has 0 aliphatic rings. The largest absolute Gasteiger partial charge is 0.465 e. The van der Waals surface area contributed by atoms with Crippen LogP contribution in [0.3, 0.4) is 0 Å². The van der Waals surface area contributed by atoms with Gasteiger partial charge in [-0.2, -0.15) is 0 Å². The molecular weight excluding hydrogens is 452 g/mol. The van der Waals surface area contributed by atoms with Gasteiger partial charge in [0.2, 0.25) is 9.84 Å². The fraction of sp³-hybridized carbons (Fsp3) is 0.111. The molecular formula is C18H15BrN2O4S2. The average molecular weight is 467 g/mol. The molecule has 2 aromatic heterocycles. The zero-order chi connectivity index (χ0) is 19.4. The van der Waals surface area contributed by atoms with Crippen molar-refractivity contribution in [1.82, 2.24) is 10.3 Å². The maximum absolute atomic E-state index is 13.2. The summed E-state index contributed by atoms with van der Waals surface area (Å²) in [5, 5.41) is 11.0. The molecule has 0 radical (unpaired) electrons. The second-order valence-corrected chi connectivity index (χ2v) is 9.70. The smallest absolute Gasteiger partial charge is 0.404 e. The van der Waals surface area contributed by atoms with Crippen LogP contribution < -0.4 is 5.32 Å². The van der Waals surface area contributed by atoms with Gasteiger partial charge in [-0.3, -0.25) is 4.98 Å². The summed E-state index contributed by atoms with van der Waals surface area (Å²) in [6.07, 6.45) is 2.13. The van der Waals surface area contributed by atoms with E-state index in [0.29, 0.717) is 12.0 Å². The number of halogens is 1. The average Bonchev–Trinajstić information content (AvgIpc) is 3.07. The van der Waals surface area contributed by atoms with Gasteiger partial charge >= 0.3 is 6.09 Å². The van der Waals surface area contributed by atoms with Gasteiger partial charge in [-0.05, 0) is 36.2 Å². The molecule has 0 spiro atoms. The Morgan fingerprint density at radius 1 is 1.19 bits per heavy atom. The monoisotopic (exact) mass is 466 g/mol. The lowest BCUT2D eigenvalue weighted by Crippen LogP contribution is -2.22. The first kappa shape index (κ1) is 19.5. The van der Waals surface area contributed by atoms with Crippen molar-refractivity contribution < 1.29 is 18.3 Å². The van der Waals surface area contributed by atoms with Crippen molar-refractivity contribution in [2.24, 2.45) is 0 Å². The highest BCUT2D eigenvalue weighted by Crippen LogP contribution is 2.40. The molecule has 0 bridgehead atoms. The van der Waals surface area contributed by atoms with Gasteiger partial charge in [-0.15, -0.1) is 11.3 Å². The Bertz CT molecular complexity index is 1070. The van der Waals surface area contributed by atoms with E-state index in [2.05, 4.69) is 26.2 Å². The Hall–Kier alpha value is -2.23. The molecule has 0 saturated carbocycles. The minimum absolute atomic E-state index is 0.121. The molecule has 0 fully saturated rings. The van der Waals surface area contributed by atoms with Gasteiger partial charge in [0.25, 0.3) is 0 Å². The van der Waals surface area contributed by atoms with Gasteiger partial charge in [-0.25, -0.2) is 13.2 Å². The number of nitrogens with zero attached hydrogens (tertiary/aromatic N) is 1. The fourth-order valence-electron chi connectivity index (χ4n) is 2.52. The predicted octanol–water partition coefficient (Wildman–Crippen LogP) is 4.22. The third-order valence-electron chi connectivity index (χ3n) is 3.75. The summed E-state index contributed by atoms with van der Waals surface area (Å²) >= 11 is 4.63. The zero-order valence-electron chi connectivity index (χ0n) is 13.9. The number of benzene rings is 1. The minimum atomic E-state index is -3.76. The van der Waals surface area contributed by atoms with Crippen molar-refractivity contribution in [2.45, 2.75) is 15.5 Å². The summed E-state index contributed by atoms with van der Waals surface area (Å²) in [5.41, 5.74) is 1.34. The van der Waals surface area contributed by atoms with Crippen LogP contribution in [0.1, 0.15) is 4.88 Å². The Morgan fingerprint density at radius 3 is 2.63 bits per heavy atom. The van der Waals surface area contributed by atoms with E-state index in [1.54, 1.807) is 12.1 Å². The molecule has 0 aliphatic carbocycles. The van der Waals surface area contributed by atoms with Crippen LogP contribution in [0, 0.1) is 0 Å². The maximum Gasteiger partial charge on any atom is 0.404 e. The van der Waals surface area contributed by atoms with Crippen molar-refractivity contribution in [3.8, 4) is 11.1 Å². The molecule has 0 saturated heterocycles. The maximum atomic E-state index is 13.2. The molecule has 6 nitrogen and oxygen atoms in total. The number of carboxylic acid groups (broad SMARTS) is 1. The van der Waals surface area contributed by atoms with Crippen LogP contribution in [0.5, 0.6) is 0 Å². The minimum Gasteiger partial charge on any atom is -0.465 e. The zero-order valence-corrected chi connectivity index (χ0v) is 17.1. The topological polar surface area (TPSA) is 96.4 Å². The number of aromatic nitrogens is 1. The summed E-state index contributed by atoms with van der Waals surface area (Å²) in [6, 6.07) is 12.3. The number of thiophene rings is 1. The molecule has 3 rings (SSSR count). The first-order valence-corrected chi connectivity index (χ1v) is 11.0. The highest BCUT2D eigenvalue weighted by Gasteiger charge is 2.26. The highest BCUT2D eigenvalue weighted by molar-refractivity contribution is 9.10. The Labute approximate surface area is 168 Å². The van der Waals surface area contributed by atoms with Crippen LogP contribution in [-0.4, -0.2) is 31.1 Å². The summed E-state index contributed by atoms with van der Waals surface area (Å²) in [4.78, 5) is 15.5. The number of pyridine rings is 1. The van der Waals surface area contributed by atoms with E-state index >= 15 is 0 Å². The number of nitrogens with one attached hydrogen (secondary N) is 1. The van der Waals surface area contributed by atoms with Gasteiger partial charge in [0, 0.05) is 33.9 Å². The standard InChI is InChI=1S/C18H15BrN2O4S2/c19-16-6-2-1-5-14(16)15-10-12(7-9-21-18(22)23)26-17(15)27(24,25)13-4-3-8-20-11-13/h1-6,8,10-11,21H,7,9H2,(H,22,23). The van der Waals surface area contributed by atoms with E-state index in [0.717, 1.165) is 26.3 Å². The molecule has 3 aromatic rings. The molecule has 0 aliphatic heterocycles. The number of sulfone groups is 1. The Morgan fingerprint density at radius 2 is 1.96 bits per heavy atom. The highest BCUT2D eigenvalue weighted by atomic mass is 79.9. The van der Waals surface area contributed by atoms with Gasteiger partial charge in [0.1, 0.15) is 4.21 Å². The number of rotatable bonds is 6. The molecule has 9 heteroatoms. The van der Waals surface area contributed by atoms with Crippen LogP contribution in [-0.2, 0) is 16.3 Å². The second kappa shape index (κ2) is 8.20. The van der Waals surface area contributed by atoms with E-state index in [9.17, 15) is 13.2 Å². The molecule has 2 heterocycles. The molecule has 0 atom stereocenters. The Kier molecular flexibility index (Phi) is 5.93. The number of hydrogen-bond donors (Lipinski definition) is 2. The summed E-state index contributed by atoms with van der Waals surface area (Å²) in [5.74, 6) is 0. The van der Waals surface area contributed by atoms with Crippen molar-refractivity contribution in [3.05, 3.63) is 64.2 Å².